The van der Waals surface area contributed by atoms with E-state index in [1.807, 2.05) is 32.9 Å². The van der Waals surface area contributed by atoms with E-state index in [0.29, 0.717) is 24.8 Å². The van der Waals surface area contributed by atoms with Crippen LogP contribution >= 0.6 is 0 Å². The zero-order valence-electron chi connectivity index (χ0n) is 15.2. The number of aliphatic hydroxyl groups is 2. The molecule has 0 fully saturated rings. The molecule has 0 bridgehead atoms. The number of allylic oxidation sites excluding steroid dienone is 5. The van der Waals surface area contributed by atoms with Crippen molar-refractivity contribution >= 4 is 5.97 Å². The quantitative estimate of drug-likeness (QED) is 0.369. The molecule has 0 aromatic heterocycles. The van der Waals surface area contributed by atoms with Crippen molar-refractivity contribution in [2.75, 3.05) is 13.2 Å². The van der Waals surface area contributed by atoms with Crippen LogP contribution in [0.1, 0.15) is 59.3 Å². The Kier molecular flexibility index (Phi) is 12.8. The van der Waals surface area contributed by atoms with Crippen LogP contribution in [0.2, 0.25) is 0 Å². The van der Waals surface area contributed by atoms with Gasteiger partial charge < -0.3 is 15.3 Å². The van der Waals surface area contributed by atoms with Crippen LogP contribution in [0, 0.1) is 0 Å². The van der Waals surface area contributed by atoms with Gasteiger partial charge in [-0.3, -0.25) is 0 Å². The van der Waals surface area contributed by atoms with Crippen molar-refractivity contribution in [3.8, 4) is 0 Å². The fourth-order valence-electron chi connectivity index (χ4n) is 2.25. The maximum atomic E-state index is 11.2. The summed E-state index contributed by atoms with van der Waals surface area (Å²) in [7, 11) is 0. The third kappa shape index (κ3) is 11.9. The minimum absolute atomic E-state index is 0.00320. The van der Waals surface area contributed by atoms with Gasteiger partial charge in [0, 0.05) is 5.57 Å². The summed E-state index contributed by atoms with van der Waals surface area (Å²) in [4.78, 5) is 11.2. The molecule has 0 unspecified atom stereocenters. The Morgan fingerprint density at radius 2 is 1.46 bits per heavy atom. The van der Waals surface area contributed by atoms with Gasteiger partial charge >= 0.3 is 5.97 Å². The average molecular weight is 336 g/mol. The molecule has 0 aromatic carbocycles. The summed E-state index contributed by atoms with van der Waals surface area (Å²) in [6.45, 7) is 6.02. The molecule has 136 valence electrons. The van der Waals surface area contributed by atoms with Gasteiger partial charge in [0.25, 0.3) is 0 Å². The lowest BCUT2D eigenvalue weighted by molar-refractivity contribution is -0.132. The maximum absolute atomic E-state index is 11.2. The van der Waals surface area contributed by atoms with E-state index in [0.717, 1.165) is 30.4 Å². The fraction of sp³-hybridized carbons (Fsp3) is 0.550. The molecule has 4 heteroatoms. The van der Waals surface area contributed by atoms with Crippen molar-refractivity contribution in [2.24, 2.45) is 0 Å². The van der Waals surface area contributed by atoms with Gasteiger partial charge in [0.1, 0.15) is 0 Å². The molecule has 0 atom stereocenters. The normalized spacial score (nSPS) is 13.1. The molecule has 0 amide bonds. The van der Waals surface area contributed by atoms with Gasteiger partial charge in [0.2, 0.25) is 0 Å². The van der Waals surface area contributed by atoms with Crippen LogP contribution in [0.4, 0.5) is 0 Å². The Morgan fingerprint density at radius 1 is 0.833 bits per heavy atom. The number of aliphatic carboxylic acids is 1. The highest BCUT2D eigenvalue weighted by Gasteiger charge is 2.06. The summed E-state index contributed by atoms with van der Waals surface area (Å²) in [5.41, 5.74) is 3.68. The molecule has 0 rings (SSSR count). The van der Waals surface area contributed by atoms with Crippen molar-refractivity contribution in [1.29, 1.82) is 0 Å². The summed E-state index contributed by atoms with van der Waals surface area (Å²) >= 11 is 0. The van der Waals surface area contributed by atoms with E-state index >= 15 is 0 Å². The summed E-state index contributed by atoms with van der Waals surface area (Å²) in [5, 5.41) is 27.4. The van der Waals surface area contributed by atoms with E-state index in [1.165, 1.54) is 5.57 Å². The first kappa shape index (κ1) is 22.4. The van der Waals surface area contributed by atoms with Crippen LogP contribution in [0.25, 0.3) is 0 Å². The molecular formula is C20H32O4. The summed E-state index contributed by atoms with van der Waals surface area (Å²) in [6, 6.07) is 0. The van der Waals surface area contributed by atoms with Gasteiger partial charge in [-0.15, -0.1) is 0 Å². The molecule has 0 heterocycles. The van der Waals surface area contributed by atoms with Gasteiger partial charge in [0.05, 0.1) is 13.2 Å². The number of carboxylic acids is 1. The lowest BCUT2D eigenvalue weighted by atomic mass is 10.0. The molecule has 0 aliphatic carbocycles. The van der Waals surface area contributed by atoms with E-state index in [-0.39, 0.29) is 13.2 Å². The van der Waals surface area contributed by atoms with Gasteiger partial charge in [-0.2, -0.15) is 0 Å². The smallest absolute Gasteiger partial charge is 0.331 e. The highest BCUT2D eigenvalue weighted by Crippen LogP contribution is 2.14. The molecule has 0 saturated heterocycles. The summed E-state index contributed by atoms with van der Waals surface area (Å²) < 4.78 is 0. The van der Waals surface area contributed by atoms with E-state index in [9.17, 15) is 15.0 Å². The molecule has 3 N–H and O–H groups in total. The maximum Gasteiger partial charge on any atom is 0.331 e. The zero-order valence-corrected chi connectivity index (χ0v) is 15.2. The topological polar surface area (TPSA) is 77.8 Å². The number of rotatable bonds is 12. The summed E-state index contributed by atoms with van der Waals surface area (Å²) in [5.74, 6) is -0.864. The van der Waals surface area contributed by atoms with Crippen LogP contribution in [0.5, 0.6) is 0 Å². The Balaban J connectivity index is 4.48. The first-order valence-corrected chi connectivity index (χ1v) is 8.51. The Hall–Kier alpha value is -1.65. The molecule has 0 aromatic rings. The number of hydrogen-bond donors (Lipinski definition) is 3. The number of carbonyl (C=O) groups is 1. The Bertz CT molecular complexity index is 492. The number of hydrogen-bond acceptors (Lipinski definition) is 3. The van der Waals surface area contributed by atoms with Gasteiger partial charge in [0.15, 0.2) is 0 Å². The highest BCUT2D eigenvalue weighted by molar-refractivity contribution is 5.86. The first-order chi connectivity index (χ1) is 11.4. The summed E-state index contributed by atoms with van der Waals surface area (Å²) in [6.07, 6.45) is 11.8. The lowest BCUT2D eigenvalue weighted by Gasteiger charge is -2.05. The van der Waals surface area contributed by atoms with Crippen LogP contribution in [0.3, 0.4) is 0 Å². The van der Waals surface area contributed by atoms with E-state index in [4.69, 9.17) is 5.11 Å². The van der Waals surface area contributed by atoms with Crippen LogP contribution in [0.15, 0.2) is 46.6 Å². The predicted octanol–water partition coefficient (Wildman–Crippen LogP) is 4.16. The minimum Gasteiger partial charge on any atom is -0.478 e. The van der Waals surface area contributed by atoms with Gasteiger partial charge in [-0.25, -0.2) is 4.79 Å². The minimum atomic E-state index is -0.864. The third-order valence-electron chi connectivity index (χ3n) is 3.71. The SMILES string of the molecule is CC(C)=CCCC(=CCCC(=CCCC(C)=CCO)CO)C(=O)O. The number of aliphatic hydroxyl groups excluding tert-OH is 2. The van der Waals surface area contributed by atoms with E-state index < -0.39 is 5.97 Å². The van der Waals surface area contributed by atoms with Gasteiger partial charge in [-0.1, -0.05) is 35.5 Å². The fourth-order valence-corrected chi connectivity index (χ4v) is 2.25. The standard InChI is InChI=1S/C20H32O4/c1-16(2)7-4-11-19(20(23)24)12-6-10-18(15-22)9-5-8-17(3)13-14-21/h7,9,12-13,21-22H,4-6,8,10-11,14-15H2,1-3H3,(H,23,24). The third-order valence-corrected chi connectivity index (χ3v) is 3.71. The van der Waals surface area contributed by atoms with E-state index in [2.05, 4.69) is 0 Å². The Labute approximate surface area is 145 Å². The molecule has 0 radical (unpaired) electrons. The predicted molar refractivity (Wildman–Crippen MR) is 98.9 cm³/mol. The van der Waals surface area contributed by atoms with Crippen molar-refractivity contribution in [1.82, 2.24) is 0 Å². The Morgan fingerprint density at radius 3 is 2.00 bits per heavy atom. The first-order valence-electron chi connectivity index (χ1n) is 8.51. The second-order valence-corrected chi connectivity index (χ2v) is 6.19. The monoisotopic (exact) mass is 336 g/mol. The lowest BCUT2D eigenvalue weighted by Crippen LogP contribution is -2.01. The van der Waals surface area contributed by atoms with Crippen LogP contribution in [-0.2, 0) is 4.79 Å². The average Bonchev–Trinajstić information content (AvgIpc) is 2.51. The zero-order chi connectivity index (χ0) is 18.4. The largest absolute Gasteiger partial charge is 0.478 e. The molecule has 0 aliphatic rings. The number of carboxylic acid groups (broad SMARTS) is 1. The molecule has 0 aliphatic heterocycles. The second-order valence-electron chi connectivity index (χ2n) is 6.19. The molecule has 4 nitrogen and oxygen atoms in total. The van der Waals surface area contributed by atoms with Crippen molar-refractivity contribution in [2.45, 2.75) is 59.3 Å². The van der Waals surface area contributed by atoms with Gasteiger partial charge in [-0.05, 0) is 64.9 Å². The second kappa shape index (κ2) is 13.8. The molecule has 0 spiro atoms. The molecule has 24 heavy (non-hydrogen) atoms. The highest BCUT2D eigenvalue weighted by atomic mass is 16.4. The van der Waals surface area contributed by atoms with Crippen molar-refractivity contribution < 1.29 is 20.1 Å². The van der Waals surface area contributed by atoms with Crippen LogP contribution < -0.4 is 0 Å². The molecule has 0 saturated carbocycles. The van der Waals surface area contributed by atoms with E-state index in [1.54, 1.807) is 12.2 Å². The molecular weight excluding hydrogens is 304 g/mol. The van der Waals surface area contributed by atoms with Crippen molar-refractivity contribution in [3.63, 3.8) is 0 Å². The van der Waals surface area contributed by atoms with Crippen molar-refractivity contribution in [3.05, 3.63) is 46.6 Å². The van der Waals surface area contributed by atoms with Crippen LogP contribution in [-0.4, -0.2) is 34.5 Å².